The van der Waals surface area contributed by atoms with Gasteiger partial charge in [-0.15, -0.1) is 0 Å². The van der Waals surface area contributed by atoms with E-state index in [1.54, 1.807) is 24.5 Å². The van der Waals surface area contributed by atoms with Crippen LogP contribution >= 0.6 is 11.8 Å². The second kappa shape index (κ2) is 12.5. The lowest BCUT2D eigenvalue weighted by atomic mass is 10.2. The van der Waals surface area contributed by atoms with E-state index in [9.17, 15) is 18.0 Å². The number of nitrogens with one attached hydrogen (secondary N) is 1. The Hall–Kier alpha value is -3.90. The number of carbonyl (C=O) groups excluding carboxylic acids is 1. The van der Waals surface area contributed by atoms with Crippen LogP contribution in [0.3, 0.4) is 0 Å². The molecule has 12 heteroatoms. The number of benzene rings is 1. The van der Waals surface area contributed by atoms with Crippen LogP contribution in [0.2, 0.25) is 0 Å². The second-order valence-electron chi connectivity index (χ2n) is 9.24. The summed E-state index contributed by atoms with van der Waals surface area (Å²) in [5, 5.41) is 2.74. The number of amides is 1. The van der Waals surface area contributed by atoms with Gasteiger partial charge >= 0.3 is 6.18 Å². The molecule has 0 radical (unpaired) electrons. The highest BCUT2D eigenvalue weighted by atomic mass is 32.2. The number of aromatic nitrogens is 3. The molecule has 0 aliphatic carbocycles. The highest BCUT2D eigenvalue weighted by molar-refractivity contribution is 7.98. The quantitative estimate of drug-likeness (QED) is 0.222. The minimum absolute atomic E-state index is 0.00415. The molecule has 0 bridgehead atoms. The number of rotatable bonds is 9. The van der Waals surface area contributed by atoms with E-state index >= 15 is 0 Å². The van der Waals surface area contributed by atoms with Gasteiger partial charge in [-0.05, 0) is 29.3 Å². The van der Waals surface area contributed by atoms with Crippen molar-refractivity contribution >= 4 is 23.5 Å². The molecule has 1 amide bonds. The van der Waals surface area contributed by atoms with Crippen molar-refractivity contribution in [2.45, 2.75) is 30.2 Å². The first kappa shape index (κ1) is 27.7. The summed E-state index contributed by atoms with van der Waals surface area (Å²) in [5.41, 5.74) is 1.05. The first-order valence-corrected chi connectivity index (χ1v) is 13.7. The van der Waals surface area contributed by atoms with Crippen molar-refractivity contribution in [1.29, 1.82) is 0 Å². The standard InChI is InChI=1S/C28H27F3N6O2S/c29-28(30,31)24-15-25(37-13-11-36(12-14-37)18-20-5-2-1-3-6-20)35-27(34-24)40-19-22-8-9-23(39-22)26(38)33-17-21-7-4-10-32-16-21/h1-10,15-16H,11-14,17-19H2,(H,33,38). The van der Waals surface area contributed by atoms with Crippen LogP contribution in [0.25, 0.3) is 0 Å². The fourth-order valence-corrected chi connectivity index (χ4v) is 4.99. The first-order chi connectivity index (χ1) is 19.3. The highest BCUT2D eigenvalue weighted by Gasteiger charge is 2.34. The Bertz CT molecular complexity index is 1410. The highest BCUT2D eigenvalue weighted by Crippen LogP contribution is 2.32. The van der Waals surface area contributed by atoms with Crippen molar-refractivity contribution in [2.24, 2.45) is 0 Å². The Labute approximate surface area is 233 Å². The average molecular weight is 569 g/mol. The topological polar surface area (TPSA) is 87.4 Å². The van der Waals surface area contributed by atoms with Gasteiger partial charge in [0.25, 0.3) is 5.91 Å². The van der Waals surface area contributed by atoms with Crippen molar-refractivity contribution in [3.05, 3.63) is 101 Å². The average Bonchev–Trinajstić information content (AvgIpc) is 3.45. The monoisotopic (exact) mass is 568 g/mol. The van der Waals surface area contributed by atoms with Gasteiger partial charge in [-0.3, -0.25) is 14.7 Å². The largest absolute Gasteiger partial charge is 0.455 e. The molecule has 0 saturated carbocycles. The van der Waals surface area contributed by atoms with Crippen molar-refractivity contribution in [3.63, 3.8) is 0 Å². The molecule has 1 fully saturated rings. The van der Waals surface area contributed by atoms with Gasteiger partial charge in [-0.25, -0.2) is 9.97 Å². The zero-order chi connectivity index (χ0) is 28.0. The Morgan fingerprint density at radius 2 is 1.75 bits per heavy atom. The van der Waals surface area contributed by atoms with E-state index in [1.807, 2.05) is 29.2 Å². The Morgan fingerprint density at radius 3 is 2.48 bits per heavy atom. The van der Waals surface area contributed by atoms with Crippen LogP contribution in [0.4, 0.5) is 19.0 Å². The van der Waals surface area contributed by atoms with Crippen molar-refractivity contribution in [1.82, 2.24) is 25.2 Å². The summed E-state index contributed by atoms with van der Waals surface area (Å²) < 4.78 is 46.6. The number of piperazine rings is 1. The Kier molecular flexibility index (Phi) is 8.66. The van der Waals surface area contributed by atoms with Crippen molar-refractivity contribution < 1.29 is 22.4 Å². The minimum Gasteiger partial charge on any atom is -0.455 e. The van der Waals surface area contributed by atoms with E-state index < -0.39 is 17.8 Å². The lowest BCUT2D eigenvalue weighted by Gasteiger charge is -2.35. The summed E-state index contributed by atoms with van der Waals surface area (Å²) in [4.78, 5) is 28.7. The van der Waals surface area contributed by atoms with Crippen LogP contribution in [-0.4, -0.2) is 51.9 Å². The molecule has 8 nitrogen and oxygen atoms in total. The van der Waals surface area contributed by atoms with E-state index in [4.69, 9.17) is 4.42 Å². The summed E-state index contributed by atoms with van der Waals surface area (Å²) in [6.45, 7) is 3.61. The van der Waals surface area contributed by atoms with E-state index in [2.05, 4.69) is 37.3 Å². The molecule has 3 aromatic heterocycles. The summed E-state index contributed by atoms with van der Waals surface area (Å²) in [7, 11) is 0. The molecule has 5 rings (SSSR count). The van der Waals surface area contributed by atoms with Crippen LogP contribution in [0.5, 0.6) is 0 Å². The van der Waals surface area contributed by atoms with E-state index in [1.165, 1.54) is 11.6 Å². The van der Waals surface area contributed by atoms with Gasteiger partial charge in [0.1, 0.15) is 11.6 Å². The number of alkyl halides is 3. The molecule has 0 unspecified atom stereocenters. The molecule has 1 aliphatic rings. The van der Waals surface area contributed by atoms with Crippen LogP contribution < -0.4 is 10.2 Å². The molecular formula is C28H27F3N6O2S. The minimum atomic E-state index is -4.60. The maximum atomic E-state index is 13.7. The smallest absolute Gasteiger partial charge is 0.433 e. The number of carbonyl (C=O) groups is 1. The second-order valence-corrected chi connectivity index (χ2v) is 10.2. The maximum absolute atomic E-state index is 13.7. The van der Waals surface area contributed by atoms with Gasteiger partial charge in [-0.2, -0.15) is 13.2 Å². The van der Waals surface area contributed by atoms with Crippen LogP contribution in [-0.2, 0) is 25.0 Å². The Morgan fingerprint density at radius 1 is 0.975 bits per heavy atom. The SMILES string of the molecule is O=C(NCc1cccnc1)c1ccc(CSc2nc(N3CCN(Cc4ccccc4)CC3)cc(C(F)(F)F)n2)o1. The van der Waals surface area contributed by atoms with Gasteiger partial charge in [0, 0.05) is 57.7 Å². The fraction of sp³-hybridized carbons (Fsp3) is 0.286. The van der Waals surface area contributed by atoms with Gasteiger partial charge in [0.05, 0.1) is 5.75 Å². The molecule has 1 aromatic carbocycles. The molecule has 1 N–H and O–H groups in total. The molecule has 40 heavy (non-hydrogen) atoms. The van der Waals surface area contributed by atoms with Crippen molar-refractivity contribution in [3.8, 4) is 0 Å². The number of hydrogen-bond donors (Lipinski definition) is 1. The number of thioether (sulfide) groups is 1. The van der Waals surface area contributed by atoms with Gasteiger partial charge in [-0.1, -0.05) is 48.2 Å². The molecule has 0 atom stereocenters. The predicted molar refractivity (Wildman–Crippen MR) is 145 cm³/mol. The third kappa shape index (κ3) is 7.39. The number of pyridine rings is 1. The Balaban J connectivity index is 1.20. The normalized spacial score (nSPS) is 14.3. The zero-order valence-electron chi connectivity index (χ0n) is 21.5. The fourth-order valence-electron chi connectivity index (χ4n) is 4.25. The number of anilines is 1. The van der Waals surface area contributed by atoms with Gasteiger partial charge in [0.15, 0.2) is 16.6 Å². The van der Waals surface area contributed by atoms with Crippen LogP contribution in [0, 0.1) is 0 Å². The van der Waals surface area contributed by atoms with Gasteiger partial charge in [0.2, 0.25) is 0 Å². The number of nitrogens with zero attached hydrogens (tertiary/aromatic N) is 5. The summed E-state index contributed by atoms with van der Waals surface area (Å²) >= 11 is 1.03. The van der Waals surface area contributed by atoms with Gasteiger partial charge < -0.3 is 14.6 Å². The third-order valence-corrected chi connectivity index (χ3v) is 7.20. The van der Waals surface area contributed by atoms with E-state index in [0.29, 0.717) is 38.5 Å². The number of furan rings is 1. The number of hydrogen-bond acceptors (Lipinski definition) is 8. The van der Waals surface area contributed by atoms with Crippen molar-refractivity contribution in [2.75, 3.05) is 31.1 Å². The molecule has 208 valence electrons. The lowest BCUT2D eigenvalue weighted by molar-refractivity contribution is -0.141. The molecule has 4 heterocycles. The predicted octanol–water partition coefficient (Wildman–Crippen LogP) is 5.03. The molecule has 1 aliphatic heterocycles. The molecular weight excluding hydrogens is 541 g/mol. The summed E-state index contributed by atoms with van der Waals surface area (Å²) in [5.74, 6) is 0.553. The zero-order valence-corrected chi connectivity index (χ0v) is 22.3. The third-order valence-electron chi connectivity index (χ3n) is 6.33. The van der Waals surface area contributed by atoms with E-state index in [0.717, 1.165) is 29.9 Å². The van der Waals surface area contributed by atoms with Crippen LogP contribution in [0.1, 0.15) is 33.1 Å². The number of halogens is 3. The summed E-state index contributed by atoms with van der Waals surface area (Å²) in [6.07, 6.45) is -1.31. The molecule has 0 spiro atoms. The van der Waals surface area contributed by atoms with Crippen LogP contribution in [0.15, 0.2) is 82.6 Å². The first-order valence-electron chi connectivity index (χ1n) is 12.7. The summed E-state index contributed by atoms with van der Waals surface area (Å²) in [6, 6.07) is 17.8. The maximum Gasteiger partial charge on any atom is 0.433 e. The van der Waals surface area contributed by atoms with E-state index in [-0.39, 0.29) is 22.5 Å². The lowest BCUT2D eigenvalue weighted by Crippen LogP contribution is -2.46. The molecule has 1 saturated heterocycles. The molecule has 4 aromatic rings.